The summed E-state index contributed by atoms with van der Waals surface area (Å²) in [7, 11) is 0. The van der Waals surface area contributed by atoms with Gasteiger partial charge in [0.1, 0.15) is 0 Å². The summed E-state index contributed by atoms with van der Waals surface area (Å²) >= 11 is 0. The SMILES string of the molecule is C[C@H](CCc1ccc(O)c(OC(F)(F)F)c1)N1Cc2cc3c(cc2C1)OCO3. The van der Waals surface area contributed by atoms with E-state index in [2.05, 4.69) is 16.6 Å². The second-order valence-corrected chi connectivity index (χ2v) is 7.12. The molecule has 0 aliphatic carbocycles. The normalized spacial score (nSPS) is 16.9. The number of alkyl halides is 3. The average Bonchev–Trinajstić information content (AvgIpc) is 3.24. The van der Waals surface area contributed by atoms with Crippen LogP contribution in [0.5, 0.6) is 23.0 Å². The van der Waals surface area contributed by atoms with Gasteiger partial charge in [0.05, 0.1) is 0 Å². The molecule has 4 rings (SSSR count). The largest absolute Gasteiger partial charge is 0.573 e. The quantitative estimate of drug-likeness (QED) is 0.816. The molecule has 0 unspecified atom stereocenters. The number of nitrogens with zero attached hydrogens (tertiary/aromatic N) is 1. The number of aryl methyl sites for hydroxylation is 1. The summed E-state index contributed by atoms with van der Waals surface area (Å²) in [4.78, 5) is 2.31. The van der Waals surface area contributed by atoms with Gasteiger partial charge in [0, 0.05) is 19.1 Å². The van der Waals surface area contributed by atoms with Gasteiger partial charge in [-0.2, -0.15) is 0 Å². The first-order valence-electron chi connectivity index (χ1n) is 9.01. The molecule has 0 aromatic heterocycles. The highest BCUT2D eigenvalue weighted by Crippen LogP contribution is 2.39. The zero-order valence-electron chi connectivity index (χ0n) is 15.3. The van der Waals surface area contributed by atoms with E-state index in [9.17, 15) is 18.3 Å². The van der Waals surface area contributed by atoms with Crippen molar-refractivity contribution in [1.82, 2.24) is 4.90 Å². The summed E-state index contributed by atoms with van der Waals surface area (Å²) in [5.41, 5.74) is 3.10. The van der Waals surface area contributed by atoms with Crippen molar-refractivity contribution >= 4 is 0 Å². The van der Waals surface area contributed by atoms with Crippen LogP contribution in [0.25, 0.3) is 0 Å². The van der Waals surface area contributed by atoms with Crippen molar-refractivity contribution in [1.29, 1.82) is 0 Å². The molecule has 0 saturated heterocycles. The molecule has 1 atom stereocenters. The van der Waals surface area contributed by atoms with Crippen LogP contribution in [-0.2, 0) is 19.5 Å². The molecule has 2 aliphatic heterocycles. The minimum absolute atomic E-state index is 0.227. The van der Waals surface area contributed by atoms with Gasteiger partial charge in [-0.25, -0.2) is 0 Å². The number of phenols is 1. The summed E-state index contributed by atoms with van der Waals surface area (Å²) in [6.45, 7) is 3.95. The van der Waals surface area contributed by atoms with Crippen LogP contribution in [0.4, 0.5) is 13.2 Å². The molecule has 2 aromatic rings. The Bertz CT molecular complexity index is 851. The summed E-state index contributed by atoms with van der Waals surface area (Å²) in [5, 5.41) is 9.56. The Kier molecular flexibility index (Phi) is 4.74. The van der Waals surface area contributed by atoms with E-state index >= 15 is 0 Å². The topological polar surface area (TPSA) is 51.2 Å². The van der Waals surface area contributed by atoms with Crippen LogP contribution in [0.2, 0.25) is 0 Å². The molecule has 2 aromatic carbocycles. The van der Waals surface area contributed by atoms with E-state index in [-0.39, 0.29) is 12.8 Å². The summed E-state index contributed by atoms with van der Waals surface area (Å²) < 4.78 is 52.0. The molecule has 0 spiro atoms. The van der Waals surface area contributed by atoms with Crippen LogP contribution < -0.4 is 14.2 Å². The van der Waals surface area contributed by atoms with E-state index < -0.39 is 17.9 Å². The lowest BCUT2D eigenvalue weighted by Crippen LogP contribution is -2.28. The molecule has 0 amide bonds. The van der Waals surface area contributed by atoms with Crippen LogP contribution in [0, 0.1) is 0 Å². The Balaban J connectivity index is 1.37. The van der Waals surface area contributed by atoms with Crippen molar-refractivity contribution in [2.45, 2.75) is 45.3 Å². The van der Waals surface area contributed by atoms with Gasteiger partial charge >= 0.3 is 6.36 Å². The van der Waals surface area contributed by atoms with Gasteiger partial charge in [-0.1, -0.05) is 6.07 Å². The van der Waals surface area contributed by atoms with Crippen molar-refractivity contribution < 1.29 is 32.5 Å². The molecule has 8 heteroatoms. The van der Waals surface area contributed by atoms with E-state index in [1.807, 2.05) is 12.1 Å². The molecule has 0 saturated carbocycles. The Morgan fingerprint density at radius 1 is 1.11 bits per heavy atom. The summed E-state index contributed by atoms with van der Waals surface area (Å²) in [6, 6.07) is 8.35. The first kappa shape index (κ1) is 18.7. The number of fused-ring (bicyclic) bond motifs is 2. The molecule has 150 valence electrons. The number of ether oxygens (including phenoxy) is 3. The standard InChI is InChI=1S/C20H20F3NO4/c1-12(2-3-13-4-5-16(25)17(6-13)28-20(21,22)23)24-9-14-7-18-19(27-11-26-18)8-15(14)10-24/h4-8,12,25H,2-3,9-11H2,1H3/t12-/m1/s1. The first-order chi connectivity index (χ1) is 13.3. The van der Waals surface area contributed by atoms with Gasteiger partial charge in [-0.3, -0.25) is 4.90 Å². The number of rotatable bonds is 5. The molecule has 0 fully saturated rings. The molecule has 2 aliphatic rings. The molecule has 0 radical (unpaired) electrons. The predicted molar refractivity (Wildman–Crippen MR) is 94.4 cm³/mol. The molecule has 28 heavy (non-hydrogen) atoms. The van der Waals surface area contributed by atoms with Gasteiger partial charge in [-0.05, 0) is 60.7 Å². The van der Waals surface area contributed by atoms with Crippen molar-refractivity contribution in [2.75, 3.05) is 6.79 Å². The highest BCUT2D eigenvalue weighted by atomic mass is 19.4. The molecule has 5 nitrogen and oxygen atoms in total. The maximum Gasteiger partial charge on any atom is 0.573 e. The van der Waals surface area contributed by atoms with Crippen LogP contribution in [0.3, 0.4) is 0 Å². The highest BCUT2D eigenvalue weighted by Gasteiger charge is 2.32. The van der Waals surface area contributed by atoms with Gasteiger partial charge in [0.25, 0.3) is 0 Å². The second-order valence-electron chi connectivity index (χ2n) is 7.12. The summed E-state index contributed by atoms with van der Waals surface area (Å²) in [5.74, 6) is 0.450. The predicted octanol–water partition coefficient (Wildman–Crippen LogP) is 4.36. The van der Waals surface area contributed by atoms with Crippen molar-refractivity contribution in [3.63, 3.8) is 0 Å². The monoisotopic (exact) mass is 395 g/mol. The smallest absolute Gasteiger partial charge is 0.504 e. The fourth-order valence-corrected chi connectivity index (χ4v) is 3.60. The lowest BCUT2D eigenvalue weighted by Gasteiger charge is -2.24. The molecule has 1 N–H and O–H groups in total. The maximum absolute atomic E-state index is 12.4. The number of aromatic hydroxyl groups is 1. The second kappa shape index (κ2) is 7.09. The highest BCUT2D eigenvalue weighted by molar-refractivity contribution is 5.50. The van der Waals surface area contributed by atoms with E-state index in [1.165, 1.54) is 23.3 Å². The van der Waals surface area contributed by atoms with Gasteiger partial charge in [0.15, 0.2) is 23.0 Å². The van der Waals surface area contributed by atoms with Crippen LogP contribution in [0.15, 0.2) is 30.3 Å². The zero-order valence-corrected chi connectivity index (χ0v) is 15.3. The van der Waals surface area contributed by atoms with Gasteiger partial charge < -0.3 is 19.3 Å². The zero-order chi connectivity index (χ0) is 19.9. The van der Waals surface area contributed by atoms with Crippen molar-refractivity contribution in [3.05, 3.63) is 47.0 Å². The molecule has 2 heterocycles. The van der Waals surface area contributed by atoms with Crippen LogP contribution in [-0.4, -0.2) is 29.2 Å². The fourth-order valence-electron chi connectivity index (χ4n) is 3.60. The maximum atomic E-state index is 12.4. The number of benzene rings is 2. The van der Waals surface area contributed by atoms with E-state index in [4.69, 9.17) is 9.47 Å². The van der Waals surface area contributed by atoms with E-state index in [1.54, 1.807) is 6.07 Å². The lowest BCUT2D eigenvalue weighted by molar-refractivity contribution is -0.275. The number of phenolic OH excluding ortho intramolecular Hbond substituents is 1. The Hall–Kier alpha value is -2.61. The number of halogens is 3. The third kappa shape index (κ3) is 3.96. The van der Waals surface area contributed by atoms with Crippen LogP contribution >= 0.6 is 0 Å². The molecular weight excluding hydrogens is 375 g/mol. The molecule has 0 bridgehead atoms. The fraction of sp³-hybridized carbons (Fsp3) is 0.400. The van der Waals surface area contributed by atoms with Crippen molar-refractivity contribution in [3.8, 4) is 23.0 Å². The minimum atomic E-state index is -4.83. The average molecular weight is 395 g/mol. The Morgan fingerprint density at radius 2 is 1.75 bits per heavy atom. The van der Waals surface area contributed by atoms with Gasteiger partial charge in [0.2, 0.25) is 6.79 Å². The minimum Gasteiger partial charge on any atom is -0.504 e. The lowest BCUT2D eigenvalue weighted by atomic mass is 10.0. The Morgan fingerprint density at radius 3 is 2.36 bits per heavy atom. The van der Waals surface area contributed by atoms with Crippen LogP contribution in [0.1, 0.15) is 30.0 Å². The summed E-state index contributed by atoms with van der Waals surface area (Å²) in [6.07, 6.45) is -3.50. The third-order valence-corrected chi connectivity index (χ3v) is 5.17. The number of hydrogen-bond acceptors (Lipinski definition) is 5. The van der Waals surface area contributed by atoms with E-state index in [0.717, 1.165) is 31.0 Å². The van der Waals surface area contributed by atoms with E-state index in [0.29, 0.717) is 12.0 Å². The first-order valence-corrected chi connectivity index (χ1v) is 9.01. The van der Waals surface area contributed by atoms with Gasteiger partial charge in [-0.15, -0.1) is 13.2 Å². The van der Waals surface area contributed by atoms with Crippen molar-refractivity contribution in [2.24, 2.45) is 0 Å². The number of hydrogen-bond donors (Lipinski definition) is 1. The molecular formula is C20H20F3NO4. The third-order valence-electron chi connectivity index (χ3n) is 5.17. The Labute approximate surface area is 160 Å².